The summed E-state index contributed by atoms with van der Waals surface area (Å²) in [6, 6.07) is 0. The molecule has 4 nitrogen and oxygen atoms in total. The van der Waals surface area contributed by atoms with Gasteiger partial charge in [0.2, 0.25) is 0 Å². The first kappa shape index (κ1) is 20.8. The van der Waals surface area contributed by atoms with E-state index in [-0.39, 0.29) is 24.0 Å². The summed E-state index contributed by atoms with van der Waals surface area (Å²) in [7, 11) is 1.65. The van der Waals surface area contributed by atoms with E-state index in [1.54, 1.807) is 18.8 Å². The highest BCUT2D eigenvalue weighted by Gasteiger charge is 2.33. The van der Waals surface area contributed by atoms with Crippen molar-refractivity contribution in [2.45, 2.75) is 12.6 Å². The number of guanidine groups is 1. The van der Waals surface area contributed by atoms with Crippen LogP contribution in [-0.4, -0.2) is 43.1 Å². The van der Waals surface area contributed by atoms with E-state index in [2.05, 4.69) is 20.6 Å². The molecule has 1 aromatic rings. The molecule has 0 aliphatic rings. The normalized spacial score (nSPS) is 12.0. The van der Waals surface area contributed by atoms with Crippen LogP contribution in [0.2, 0.25) is 0 Å². The standard InChI is InChI=1S/C11H17F3N4S2.HI/c1-15-10(17-5-6-19-2)16-4-3-9-18-8(7-20-9)11(12,13)14;/h7H,3-6H2,1-2H3,(H2,15,16,17);1H. The number of rotatable bonds is 6. The molecular weight excluding hydrogens is 436 g/mol. The molecule has 0 aliphatic carbocycles. The smallest absolute Gasteiger partial charge is 0.356 e. The first-order chi connectivity index (χ1) is 9.47. The van der Waals surface area contributed by atoms with Crippen molar-refractivity contribution in [1.29, 1.82) is 0 Å². The SMILES string of the molecule is CN=C(NCCSC)NCCc1nc(C(F)(F)F)cs1.I. The van der Waals surface area contributed by atoms with Gasteiger partial charge in [-0.05, 0) is 6.26 Å². The fourth-order valence-corrected chi connectivity index (χ4v) is 2.45. The predicted octanol–water partition coefficient (Wildman–Crippen LogP) is 2.85. The van der Waals surface area contributed by atoms with Crippen molar-refractivity contribution < 1.29 is 13.2 Å². The number of halogens is 4. The molecule has 1 heterocycles. The number of alkyl halides is 3. The lowest BCUT2D eigenvalue weighted by Crippen LogP contribution is -2.39. The molecule has 0 aromatic carbocycles. The lowest BCUT2D eigenvalue weighted by atomic mass is 10.4. The van der Waals surface area contributed by atoms with E-state index in [9.17, 15) is 13.2 Å². The highest BCUT2D eigenvalue weighted by atomic mass is 127. The zero-order valence-electron chi connectivity index (χ0n) is 11.7. The maximum absolute atomic E-state index is 12.4. The molecule has 0 radical (unpaired) electrons. The molecule has 10 heteroatoms. The molecule has 0 unspecified atom stereocenters. The van der Waals surface area contributed by atoms with Gasteiger partial charge in [0.15, 0.2) is 11.7 Å². The average Bonchev–Trinajstić information content (AvgIpc) is 2.86. The van der Waals surface area contributed by atoms with Crippen LogP contribution in [0.25, 0.3) is 0 Å². The molecule has 0 spiro atoms. The van der Waals surface area contributed by atoms with E-state index in [4.69, 9.17) is 0 Å². The Morgan fingerprint density at radius 2 is 2.05 bits per heavy atom. The molecule has 0 aliphatic heterocycles. The third kappa shape index (κ3) is 8.10. The van der Waals surface area contributed by atoms with Crippen LogP contribution in [0.3, 0.4) is 0 Å². The van der Waals surface area contributed by atoms with Crippen molar-refractivity contribution in [2.24, 2.45) is 4.99 Å². The largest absolute Gasteiger partial charge is 0.434 e. The van der Waals surface area contributed by atoms with Crippen molar-refractivity contribution in [2.75, 3.05) is 32.1 Å². The Kier molecular flexibility index (Phi) is 10.4. The Morgan fingerprint density at radius 1 is 1.38 bits per heavy atom. The maximum atomic E-state index is 12.4. The maximum Gasteiger partial charge on any atom is 0.434 e. The summed E-state index contributed by atoms with van der Waals surface area (Å²) >= 11 is 2.74. The monoisotopic (exact) mass is 454 g/mol. The Hall–Kier alpha value is -0.230. The fourth-order valence-electron chi connectivity index (χ4n) is 1.34. The van der Waals surface area contributed by atoms with Crippen molar-refractivity contribution in [3.63, 3.8) is 0 Å². The third-order valence-electron chi connectivity index (χ3n) is 2.30. The van der Waals surface area contributed by atoms with Gasteiger partial charge >= 0.3 is 6.18 Å². The first-order valence-corrected chi connectivity index (χ1v) is 8.19. The quantitative estimate of drug-likeness (QED) is 0.301. The number of hydrogen-bond acceptors (Lipinski definition) is 4. The Balaban J connectivity index is 0.00000400. The van der Waals surface area contributed by atoms with Crippen molar-refractivity contribution in [3.8, 4) is 0 Å². The Labute approximate surface area is 147 Å². The molecule has 0 fully saturated rings. The van der Waals surface area contributed by atoms with E-state index < -0.39 is 11.9 Å². The summed E-state index contributed by atoms with van der Waals surface area (Å²) in [5.74, 6) is 1.61. The lowest BCUT2D eigenvalue weighted by Gasteiger charge is -2.10. The minimum atomic E-state index is -4.36. The number of hydrogen-bond donors (Lipinski definition) is 2. The number of thioether (sulfide) groups is 1. The van der Waals surface area contributed by atoms with Gasteiger partial charge in [-0.3, -0.25) is 4.99 Å². The third-order valence-corrected chi connectivity index (χ3v) is 3.82. The zero-order chi connectivity index (χ0) is 15.0. The van der Waals surface area contributed by atoms with Gasteiger partial charge in [-0.1, -0.05) is 0 Å². The summed E-state index contributed by atoms with van der Waals surface area (Å²) in [4.78, 5) is 7.59. The lowest BCUT2D eigenvalue weighted by molar-refractivity contribution is -0.140. The van der Waals surface area contributed by atoms with Crippen LogP contribution in [0.4, 0.5) is 13.2 Å². The summed E-state index contributed by atoms with van der Waals surface area (Å²) in [6.07, 6.45) is -1.92. The van der Waals surface area contributed by atoms with Gasteiger partial charge in [0, 0.05) is 37.7 Å². The van der Waals surface area contributed by atoms with E-state index in [0.717, 1.165) is 29.0 Å². The first-order valence-electron chi connectivity index (χ1n) is 5.92. The van der Waals surface area contributed by atoms with Crippen LogP contribution in [0, 0.1) is 0 Å². The van der Waals surface area contributed by atoms with E-state index in [0.29, 0.717) is 23.9 Å². The van der Waals surface area contributed by atoms with Gasteiger partial charge in [0.1, 0.15) is 0 Å². The van der Waals surface area contributed by atoms with Crippen LogP contribution < -0.4 is 10.6 Å². The molecule has 0 bridgehead atoms. The van der Waals surface area contributed by atoms with Gasteiger partial charge in [0.05, 0.1) is 5.01 Å². The summed E-state index contributed by atoms with van der Waals surface area (Å²) in [5, 5.41) is 7.65. The molecule has 2 N–H and O–H groups in total. The van der Waals surface area contributed by atoms with Gasteiger partial charge in [-0.25, -0.2) is 4.98 Å². The van der Waals surface area contributed by atoms with Gasteiger partial charge in [-0.15, -0.1) is 35.3 Å². The highest BCUT2D eigenvalue weighted by molar-refractivity contribution is 14.0. The zero-order valence-corrected chi connectivity index (χ0v) is 15.6. The molecule has 0 saturated heterocycles. The van der Waals surface area contributed by atoms with E-state index in [1.807, 2.05) is 6.26 Å². The number of nitrogens with one attached hydrogen (secondary N) is 2. The van der Waals surface area contributed by atoms with Crippen LogP contribution in [0.5, 0.6) is 0 Å². The number of nitrogens with zero attached hydrogens (tertiary/aromatic N) is 2. The minimum Gasteiger partial charge on any atom is -0.356 e. The molecule has 21 heavy (non-hydrogen) atoms. The number of aliphatic imine (C=N–C) groups is 1. The second-order valence-corrected chi connectivity index (χ2v) is 5.72. The molecule has 122 valence electrons. The highest BCUT2D eigenvalue weighted by Crippen LogP contribution is 2.29. The average molecular weight is 454 g/mol. The van der Waals surface area contributed by atoms with Gasteiger partial charge < -0.3 is 10.6 Å². The molecular formula is C11H18F3IN4S2. The summed E-state index contributed by atoms with van der Waals surface area (Å²) < 4.78 is 37.1. The number of thiazole rings is 1. The molecule has 0 atom stereocenters. The van der Waals surface area contributed by atoms with Crippen molar-refractivity contribution in [3.05, 3.63) is 16.1 Å². The fraction of sp³-hybridized carbons (Fsp3) is 0.636. The van der Waals surface area contributed by atoms with Gasteiger partial charge in [-0.2, -0.15) is 24.9 Å². The topological polar surface area (TPSA) is 49.3 Å². The molecule has 1 rings (SSSR count). The Morgan fingerprint density at radius 3 is 2.57 bits per heavy atom. The van der Waals surface area contributed by atoms with Crippen LogP contribution in [0.15, 0.2) is 10.4 Å². The second-order valence-electron chi connectivity index (χ2n) is 3.79. The summed E-state index contributed by atoms with van der Waals surface area (Å²) in [5.41, 5.74) is -0.819. The van der Waals surface area contributed by atoms with E-state index in [1.165, 1.54) is 0 Å². The summed E-state index contributed by atoms with van der Waals surface area (Å²) in [6.45, 7) is 1.28. The van der Waals surface area contributed by atoms with Crippen molar-refractivity contribution in [1.82, 2.24) is 15.6 Å². The molecule has 1 aromatic heterocycles. The number of aromatic nitrogens is 1. The van der Waals surface area contributed by atoms with E-state index >= 15 is 0 Å². The van der Waals surface area contributed by atoms with Crippen LogP contribution >= 0.6 is 47.1 Å². The van der Waals surface area contributed by atoms with Gasteiger partial charge in [0.25, 0.3) is 0 Å². The minimum absolute atomic E-state index is 0. The molecule has 0 saturated carbocycles. The second kappa shape index (κ2) is 10.5. The predicted molar refractivity (Wildman–Crippen MR) is 94.0 cm³/mol. The molecule has 0 amide bonds. The van der Waals surface area contributed by atoms with Crippen molar-refractivity contribution >= 4 is 53.0 Å². The Bertz CT molecular complexity index is 437. The van der Waals surface area contributed by atoms with Crippen LogP contribution in [-0.2, 0) is 12.6 Å². The van der Waals surface area contributed by atoms with Crippen LogP contribution in [0.1, 0.15) is 10.7 Å².